The van der Waals surface area contributed by atoms with Gasteiger partial charge in [0.2, 0.25) is 0 Å². The first-order chi connectivity index (χ1) is 8.38. The van der Waals surface area contributed by atoms with Crippen LogP contribution in [-0.2, 0) is 0 Å². The summed E-state index contributed by atoms with van der Waals surface area (Å²) in [5.41, 5.74) is 0. The summed E-state index contributed by atoms with van der Waals surface area (Å²) in [5, 5.41) is 3.07. The normalized spacial score (nSPS) is 9.65. The fourth-order valence-electron chi connectivity index (χ4n) is 1.29. The van der Waals surface area contributed by atoms with Crippen molar-refractivity contribution in [3.05, 3.63) is 24.3 Å². The van der Waals surface area contributed by atoms with Gasteiger partial charge < -0.3 is 14.8 Å². The minimum atomic E-state index is 0.567. The molecule has 0 aliphatic rings. The Morgan fingerprint density at radius 1 is 1.18 bits per heavy atom. The second-order valence-electron chi connectivity index (χ2n) is 3.52. The Hall–Kier alpha value is -1.66. The van der Waals surface area contributed by atoms with Gasteiger partial charge in [-0.25, -0.2) is 0 Å². The molecule has 1 rings (SSSR count). The highest BCUT2D eigenvalue weighted by Crippen LogP contribution is 2.26. The van der Waals surface area contributed by atoms with E-state index in [0.717, 1.165) is 24.5 Å². The van der Waals surface area contributed by atoms with Crippen molar-refractivity contribution < 1.29 is 9.47 Å². The van der Waals surface area contributed by atoms with Crippen LogP contribution in [-0.4, -0.2) is 26.3 Å². The van der Waals surface area contributed by atoms with E-state index in [1.807, 2.05) is 24.3 Å². The molecule has 0 unspecified atom stereocenters. The van der Waals surface area contributed by atoms with Crippen LogP contribution in [0.3, 0.4) is 0 Å². The molecule has 0 radical (unpaired) electrons. The first kappa shape index (κ1) is 13.4. The fourth-order valence-corrected chi connectivity index (χ4v) is 1.29. The zero-order valence-corrected chi connectivity index (χ0v) is 10.2. The maximum Gasteiger partial charge on any atom is 0.161 e. The molecule has 17 heavy (non-hydrogen) atoms. The summed E-state index contributed by atoms with van der Waals surface area (Å²) in [5.74, 6) is 4.09. The Kier molecular flexibility index (Phi) is 6.69. The number of hydrogen-bond donors (Lipinski definition) is 1. The van der Waals surface area contributed by atoms with E-state index in [9.17, 15) is 0 Å². The summed E-state index contributed by atoms with van der Waals surface area (Å²) in [7, 11) is 0. The first-order valence-electron chi connectivity index (χ1n) is 5.87. The molecule has 0 saturated heterocycles. The van der Waals surface area contributed by atoms with E-state index < -0.39 is 0 Å². The summed E-state index contributed by atoms with van der Waals surface area (Å²) in [6.45, 7) is 4.65. The number of terminal acetylenes is 1. The summed E-state index contributed by atoms with van der Waals surface area (Å²) in [6.07, 6.45) is 6.11. The third kappa shape index (κ3) is 5.28. The molecule has 0 amide bonds. The fraction of sp³-hybridized carbons (Fsp3) is 0.429. The number of benzene rings is 1. The van der Waals surface area contributed by atoms with Crippen molar-refractivity contribution in [3.8, 4) is 23.8 Å². The van der Waals surface area contributed by atoms with E-state index in [0.29, 0.717) is 19.8 Å². The van der Waals surface area contributed by atoms with E-state index >= 15 is 0 Å². The molecule has 0 heterocycles. The molecule has 3 heteroatoms. The second-order valence-corrected chi connectivity index (χ2v) is 3.52. The maximum atomic E-state index is 5.62. The molecule has 0 aliphatic heterocycles. The smallest absolute Gasteiger partial charge is 0.161 e. The minimum Gasteiger partial charge on any atom is -0.490 e. The molecule has 0 spiro atoms. The van der Waals surface area contributed by atoms with Crippen LogP contribution in [0, 0.1) is 12.3 Å². The average Bonchev–Trinajstić information content (AvgIpc) is 2.37. The van der Waals surface area contributed by atoms with Crippen LogP contribution < -0.4 is 14.8 Å². The van der Waals surface area contributed by atoms with E-state index in [4.69, 9.17) is 15.9 Å². The van der Waals surface area contributed by atoms with Crippen LogP contribution in [0.1, 0.15) is 13.3 Å². The molecule has 92 valence electrons. The lowest BCUT2D eigenvalue weighted by atomic mass is 10.3. The van der Waals surface area contributed by atoms with E-state index in [-0.39, 0.29) is 0 Å². The molecule has 0 aromatic heterocycles. The maximum absolute atomic E-state index is 5.62. The Labute approximate surface area is 103 Å². The van der Waals surface area contributed by atoms with Gasteiger partial charge in [0.1, 0.15) is 6.61 Å². The van der Waals surface area contributed by atoms with Crippen LogP contribution in [0.4, 0.5) is 0 Å². The van der Waals surface area contributed by atoms with Crippen LogP contribution in [0.2, 0.25) is 0 Å². The van der Waals surface area contributed by atoms with E-state index in [1.54, 1.807) is 0 Å². The Bertz CT molecular complexity index is 357. The Balaban J connectivity index is 2.38. The number of nitrogens with one attached hydrogen (secondary N) is 1. The molecule has 0 fully saturated rings. The van der Waals surface area contributed by atoms with Gasteiger partial charge in [-0.15, -0.1) is 6.42 Å². The molecule has 1 aromatic rings. The highest BCUT2D eigenvalue weighted by Gasteiger charge is 2.02. The lowest BCUT2D eigenvalue weighted by molar-refractivity contribution is 0.268. The summed E-state index contributed by atoms with van der Waals surface area (Å²) < 4.78 is 11.2. The number of para-hydroxylation sites is 2. The quantitative estimate of drug-likeness (QED) is 0.551. The average molecular weight is 233 g/mol. The summed E-state index contributed by atoms with van der Waals surface area (Å²) in [6, 6.07) is 7.70. The van der Waals surface area contributed by atoms with Gasteiger partial charge in [-0.2, -0.15) is 0 Å². The molecule has 0 atom stereocenters. The SMILES string of the molecule is C#CCNCCOc1ccccc1OCCC. The molecule has 3 nitrogen and oxygen atoms in total. The van der Waals surface area contributed by atoms with Crippen LogP contribution in [0.15, 0.2) is 24.3 Å². The predicted molar refractivity (Wildman–Crippen MR) is 69.4 cm³/mol. The van der Waals surface area contributed by atoms with E-state index in [2.05, 4.69) is 18.2 Å². The van der Waals surface area contributed by atoms with Crippen LogP contribution in [0.5, 0.6) is 11.5 Å². The monoisotopic (exact) mass is 233 g/mol. The number of hydrogen-bond acceptors (Lipinski definition) is 3. The lowest BCUT2D eigenvalue weighted by Gasteiger charge is -2.12. The van der Waals surface area contributed by atoms with Gasteiger partial charge in [-0.3, -0.25) is 0 Å². The van der Waals surface area contributed by atoms with Crippen molar-refractivity contribution in [2.75, 3.05) is 26.3 Å². The van der Waals surface area contributed by atoms with Gasteiger partial charge in [-0.05, 0) is 18.6 Å². The van der Waals surface area contributed by atoms with Crippen molar-refractivity contribution in [2.24, 2.45) is 0 Å². The highest BCUT2D eigenvalue weighted by atomic mass is 16.5. The van der Waals surface area contributed by atoms with Crippen molar-refractivity contribution in [1.82, 2.24) is 5.32 Å². The topological polar surface area (TPSA) is 30.5 Å². The van der Waals surface area contributed by atoms with Gasteiger partial charge in [0, 0.05) is 6.54 Å². The minimum absolute atomic E-state index is 0.567. The zero-order chi connectivity index (χ0) is 12.3. The van der Waals surface area contributed by atoms with Crippen LogP contribution in [0.25, 0.3) is 0 Å². The third-order valence-electron chi connectivity index (χ3n) is 2.07. The van der Waals surface area contributed by atoms with Crippen molar-refractivity contribution in [3.63, 3.8) is 0 Å². The van der Waals surface area contributed by atoms with Gasteiger partial charge in [-0.1, -0.05) is 25.0 Å². The molecule has 0 saturated carbocycles. The standard InChI is InChI=1S/C14H19NO2/c1-3-9-15-10-12-17-14-8-6-5-7-13(14)16-11-4-2/h1,5-8,15H,4,9-12H2,2H3. The lowest BCUT2D eigenvalue weighted by Crippen LogP contribution is -2.21. The molecule has 1 N–H and O–H groups in total. The molecular weight excluding hydrogens is 214 g/mol. The summed E-state index contributed by atoms with van der Waals surface area (Å²) in [4.78, 5) is 0. The molecular formula is C14H19NO2. The van der Waals surface area contributed by atoms with Gasteiger partial charge in [0.25, 0.3) is 0 Å². The Morgan fingerprint density at radius 3 is 2.41 bits per heavy atom. The van der Waals surface area contributed by atoms with Crippen molar-refractivity contribution >= 4 is 0 Å². The first-order valence-corrected chi connectivity index (χ1v) is 5.87. The van der Waals surface area contributed by atoms with E-state index in [1.165, 1.54) is 0 Å². The Morgan fingerprint density at radius 2 is 1.82 bits per heavy atom. The zero-order valence-electron chi connectivity index (χ0n) is 10.2. The van der Waals surface area contributed by atoms with Crippen molar-refractivity contribution in [2.45, 2.75) is 13.3 Å². The highest BCUT2D eigenvalue weighted by molar-refractivity contribution is 5.39. The third-order valence-corrected chi connectivity index (χ3v) is 2.07. The number of rotatable bonds is 8. The number of ether oxygens (including phenoxy) is 2. The van der Waals surface area contributed by atoms with Crippen LogP contribution >= 0.6 is 0 Å². The molecule has 1 aromatic carbocycles. The molecule has 0 bridgehead atoms. The van der Waals surface area contributed by atoms with Gasteiger partial charge >= 0.3 is 0 Å². The van der Waals surface area contributed by atoms with Crippen molar-refractivity contribution in [1.29, 1.82) is 0 Å². The van der Waals surface area contributed by atoms with Gasteiger partial charge in [0.15, 0.2) is 11.5 Å². The molecule has 0 aliphatic carbocycles. The summed E-state index contributed by atoms with van der Waals surface area (Å²) >= 11 is 0. The largest absolute Gasteiger partial charge is 0.490 e. The predicted octanol–water partition coefficient (Wildman–Crippen LogP) is 2.08. The van der Waals surface area contributed by atoms with Gasteiger partial charge in [0.05, 0.1) is 13.2 Å². The second kappa shape index (κ2) is 8.49.